The molecule has 0 saturated heterocycles. The molecule has 3 saturated carbocycles. The minimum absolute atomic E-state index is 0.740. The second-order valence-electron chi connectivity index (χ2n) is 7.68. The van der Waals surface area contributed by atoms with Gasteiger partial charge in [-0.1, -0.05) is 53.9 Å². The number of fused-ring (bicyclic) bond motifs is 3. The molecule has 0 aliphatic heterocycles. The maximum absolute atomic E-state index is 2.60. The van der Waals surface area contributed by atoms with Gasteiger partial charge in [-0.05, 0) is 60.7 Å². The molecule has 0 heteroatoms. The van der Waals surface area contributed by atoms with Crippen LogP contribution in [0.15, 0.2) is 0 Å². The third kappa shape index (κ3) is 2.25. The quantitative estimate of drug-likeness (QED) is 0.542. The lowest BCUT2D eigenvalue weighted by molar-refractivity contribution is 0.177. The maximum atomic E-state index is 2.60. The first kappa shape index (κ1) is 14.4. The van der Waals surface area contributed by atoms with E-state index in [1.165, 1.54) is 25.7 Å². The number of hydrogen-bond acceptors (Lipinski definition) is 0. The third-order valence-electron chi connectivity index (χ3n) is 6.81. The SMILES string of the molecule is CC1CCC2C1CC1(C)C(C)CCC21.CCCC. The van der Waals surface area contributed by atoms with E-state index in [-0.39, 0.29) is 0 Å². The Labute approximate surface area is 115 Å². The van der Waals surface area contributed by atoms with E-state index >= 15 is 0 Å². The van der Waals surface area contributed by atoms with Crippen LogP contribution < -0.4 is 0 Å². The van der Waals surface area contributed by atoms with E-state index in [4.69, 9.17) is 0 Å². The van der Waals surface area contributed by atoms with E-state index in [1.807, 2.05) is 0 Å². The van der Waals surface area contributed by atoms with Gasteiger partial charge in [0.25, 0.3) is 0 Å². The molecule has 6 atom stereocenters. The predicted octanol–water partition coefficient (Wildman–Crippen LogP) is 5.91. The Morgan fingerprint density at radius 1 is 0.889 bits per heavy atom. The molecule has 6 unspecified atom stereocenters. The zero-order valence-electron chi connectivity index (χ0n) is 13.3. The Hall–Kier alpha value is 0. The lowest BCUT2D eigenvalue weighted by Crippen LogP contribution is -2.24. The normalized spacial score (nSPS) is 49.5. The van der Waals surface area contributed by atoms with E-state index in [0.29, 0.717) is 0 Å². The molecule has 0 N–H and O–H groups in total. The van der Waals surface area contributed by atoms with Crippen molar-refractivity contribution in [1.82, 2.24) is 0 Å². The topological polar surface area (TPSA) is 0 Å². The average Bonchev–Trinajstić information content (AvgIpc) is 2.94. The van der Waals surface area contributed by atoms with Gasteiger partial charge in [0, 0.05) is 0 Å². The van der Waals surface area contributed by atoms with Crippen LogP contribution in [0.1, 0.15) is 79.6 Å². The molecular weight excluding hydrogens is 216 g/mol. The van der Waals surface area contributed by atoms with E-state index in [2.05, 4.69) is 34.6 Å². The van der Waals surface area contributed by atoms with Gasteiger partial charge < -0.3 is 0 Å². The van der Waals surface area contributed by atoms with Crippen LogP contribution >= 0.6 is 0 Å². The molecule has 0 aromatic heterocycles. The molecule has 3 rings (SSSR count). The zero-order valence-corrected chi connectivity index (χ0v) is 13.3. The summed E-state index contributed by atoms with van der Waals surface area (Å²) in [4.78, 5) is 0. The van der Waals surface area contributed by atoms with Crippen LogP contribution in [0, 0.1) is 35.0 Å². The standard InChI is InChI=1S/C14H24.C4H10/c1-9-4-6-11-12(9)8-14(3)10(2)5-7-13(11)14;1-3-4-2/h9-13H,4-8H2,1-3H3;3-4H2,1-2H3. The van der Waals surface area contributed by atoms with Crippen molar-refractivity contribution in [2.24, 2.45) is 35.0 Å². The first-order chi connectivity index (χ1) is 8.54. The van der Waals surface area contributed by atoms with Crippen LogP contribution in [0.3, 0.4) is 0 Å². The molecule has 0 radical (unpaired) electrons. The Morgan fingerprint density at radius 3 is 2.17 bits per heavy atom. The molecule has 0 aromatic rings. The highest BCUT2D eigenvalue weighted by atomic mass is 14.6. The van der Waals surface area contributed by atoms with E-state index < -0.39 is 0 Å². The monoisotopic (exact) mass is 250 g/mol. The third-order valence-corrected chi connectivity index (χ3v) is 6.81. The Balaban J connectivity index is 0.000000267. The minimum atomic E-state index is 0.740. The molecule has 0 nitrogen and oxygen atoms in total. The number of hydrogen-bond donors (Lipinski definition) is 0. The lowest BCUT2D eigenvalue weighted by Gasteiger charge is -2.31. The Kier molecular flexibility index (Phi) is 4.44. The molecule has 0 aromatic carbocycles. The summed E-state index contributed by atoms with van der Waals surface area (Å²) in [5.74, 6) is 5.38. The highest BCUT2D eigenvalue weighted by molar-refractivity contribution is 5.07. The van der Waals surface area contributed by atoms with Crippen molar-refractivity contribution < 1.29 is 0 Å². The zero-order chi connectivity index (χ0) is 13.3. The van der Waals surface area contributed by atoms with Crippen molar-refractivity contribution >= 4 is 0 Å². The number of rotatable bonds is 1. The smallest absolute Gasteiger partial charge is 0.0266 e. The number of unbranched alkanes of at least 4 members (excludes halogenated alkanes) is 1. The van der Waals surface area contributed by atoms with Gasteiger partial charge in [-0.2, -0.15) is 0 Å². The van der Waals surface area contributed by atoms with E-state index in [1.54, 1.807) is 19.3 Å². The van der Waals surface area contributed by atoms with Gasteiger partial charge in [0.15, 0.2) is 0 Å². The molecule has 0 amide bonds. The minimum Gasteiger partial charge on any atom is -0.0654 e. The van der Waals surface area contributed by atoms with Crippen molar-refractivity contribution in [1.29, 1.82) is 0 Å². The largest absolute Gasteiger partial charge is 0.0654 e. The Morgan fingerprint density at radius 2 is 1.56 bits per heavy atom. The van der Waals surface area contributed by atoms with E-state index in [0.717, 1.165) is 35.0 Å². The fraction of sp³-hybridized carbons (Fsp3) is 1.00. The van der Waals surface area contributed by atoms with Crippen molar-refractivity contribution in [3.8, 4) is 0 Å². The van der Waals surface area contributed by atoms with Crippen molar-refractivity contribution in [3.63, 3.8) is 0 Å². The molecular formula is C18H34. The predicted molar refractivity (Wildman–Crippen MR) is 80.6 cm³/mol. The van der Waals surface area contributed by atoms with E-state index in [9.17, 15) is 0 Å². The van der Waals surface area contributed by atoms with Gasteiger partial charge >= 0.3 is 0 Å². The van der Waals surface area contributed by atoms with Crippen LogP contribution in [0.4, 0.5) is 0 Å². The van der Waals surface area contributed by atoms with Gasteiger partial charge in [-0.25, -0.2) is 0 Å². The summed E-state index contributed by atoms with van der Waals surface area (Å²) in [7, 11) is 0. The molecule has 3 aliphatic carbocycles. The second-order valence-corrected chi connectivity index (χ2v) is 7.68. The molecule has 0 heterocycles. The molecule has 106 valence electrons. The van der Waals surface area contributed by atoms with Crippen molar-refractivity contribution in [2.45, 2.75) is 79.6 Å². The summed E-state index contributed by atoms with van der Waals surface area (Å²) in [5.41, 5.74) is 0.740. The van der Waals surface area contributed by atoms with Crippen LogP contribution in [-0.2, 0) is 0 Å². The first-order valence-corrected chi connectivity index (χ1v) is 8.54. The molecule has 3 fully saturated rings. The summed E-state index contributed by atoms with van der Waals surface area (Å²) in [6, 6.07) is 0. The highest BCUT2D eigenvalue weighted by Crippen LogP contribution is 2.66. The van der Waals surface area contributed by atoms with Gasteiger partial charge in [-0.3, -0.25) is 0 Å². The second kappa shape index (κ2) is 5.55. The van der Waals surface area contributed by atoms with Crippen molar-refractivity contribution in [2.75, 3.05) is 0 Å². The molecule has 0 bridgehead atoms. The summed E-state index contributed by atoms with van der Waals surface area (Å²) in [6.45, 7) is 12.0. The molecule has 18 heavy (non-hydrogen) atoms. The maximum Gasteiger partial charge on any atom is -0.0266 e. The first-order valence-electron chi connectivity index (χ1n) is 8.54. The fourth-order valence-corrected chi connectivity index (χ4v) is 5.18. The Bertz CT molecular complexity index is 267. The van der Waals surface area contributed by atoms with Crippen LogP contribution in [0.5, 0.6) is 0 Å². The summed E-state index contributed by atoms with van der Waals surface area (Å²) in [5, 5.41) is 0. The van der Waals surface area contributed by atoms with Crippen LogP contribution in [0.2, 0.25) is 0 Å². The van der Waals surface area contributed by atoms with Crippen LogP contribution in [-0.4, -0.2) is 0 Å². The lowest BCUT2D eigenvalue weighted by atomic mass is 9.74. The van der Waals surface area contributed by atoms with Gasteiger partial charge in [-0.15, -0.1) is 0 Å². The van der Waals surface area contributed by atoms with Crippen LogP contribution in [0.25, 0.3) is 0 Å². The molecule has 0 spiro atoms. The van der Waals surface area contributed by atoms with Gasteiger partial charge in [0.05, 0.1) is 0 Å². The average molecular weight is 250 g/mol. The molecule has 3 aliphatic rings. The summed E-state index contributed by atoms with van der Waals surface area (Å²) < 4.78 is 0. The highest BCUT2D eigenvalue weighted by Gasteiger charge is 2.58. The summed E-state index contributed by atoms with van der Waals surface area (Å²) in [6.07, 6.45) is 10.3. The van der Waals surface area contributed by atoms with Gasteiger partial charge in [0.1, 0.15) is 0 Å². The summed E-state index contributed by atoms with van der Waals surface area (Å²) >= 11 is 0. The van der Waals surface area contributed by atoms with Gasteiger partial charge in [0.2, 0.25) is 0 Å². The fourth-order valence-electron chi connectivity index (χ4n) is 5.18. The van der Waals surface area contributed by atoms with Crippen molar-refractivity contribution in [3.05, 3.63) is 0 Å².